The number of benzene rings is 3. The molecule has 1 heteroatoms. The molecule has 0 aliphatic heterocycles. The summed E-state index contributed by atoms with van der Waals surface area (Å²) in [6, 6.07) is 26.7. The molecule has 2 fully saturated rings. The highest BCUT2D eigenvalue weighted by atomic mass is 14.9. The van der Waals surface area contributed by atoms with Crippen molar-refractivity contribution in [3.63, 3.8) is 0 Å². The molecule has 6 rings (SSSR count). The van der Waals surface area contributed by atoms with Crippen molar-refractivity contribution in [1.82, 2.24) is 0 Å². The summed E-state index contributed by atoms with van der Waals surface area (Å²) in [6.07, 6.45) is 5.59. The Labute approximate surface area is 155 Å². The van der Waals surface area contributed by atoms with Crippen LogP contribution in [0, 0.1) is 11.8 Å². The molecule has 0 amide bonds. The van der Waals surface area contributed by atoms with E-state index in [9.17, 15) is 0 Å². The normalized spacial score (nSPS) is 27.5. The van der Waals surface area contributed by atoms with Gasteiger partial charge in [-0.2, -0.15) is 0 Å². The molecule has 2 bridgehead atoms. The minimum Gasteiger partial charge on any atom is -0.355 e. The first-order valence-electron chi connectivity index (χ1n) is 9.94. The Hall–Kier alpha value is -2.54. The van der Waals surface area contributed by atoms with Gasteiger partial charge in [-0.05, 0) is 72.4 Å². The fraction of sp³-hybridized carbons (Fsp3) is 0.280. The zero-order valence-corrected chi connectivity index (χ0v) is 14.9. The van der Waals surface area contributed by atoms with Crippen LogP contribution in [-0.4, -0.2) is 0 Å². The van der Waals surface area contributed by atoms with Crippen LogP contribution in [0.5, 0.6) is 0 Å². The van der Waals surface area contributed by atoms with Crippen LogP contribution < -0.4 is 5.32 Å². The molecule has 3 aliphatic carbocycles. The van der Waals surface area contributed by atoms with Gasteiger partial charge in [0.25, 0.3) is 0 Å². The molecule has 2 saturated carbocycles. The average Bonchev–Trinajstić information content (AvgIpc) is 3.34. The smallest absolute Gasteiger partial charge is 0.0467 e. The summed E-state index contributed by atoms with van der Waals surface area (Å²) in [4.78, 5) is 0. The molecule has 1 nitrogen and oxygen atoms in total. The highest BCUT2D eigenvalue weighted by Crippen LogP contribution is 2.68. The van der Waals surface area contributed by atoms with Crippen molar-refractivity contribution in [3.05, 3.63) is 83.9 Å². The molecule has 0 atom stereocenters. The third kappa shape index (κ3) is 1.71. The number of hydrogen-bond acceptors (Lipinski definition) is 1. The first-order chi connectivity index (χ1) is 12.9. The van der Waals surface area contributed by atoms with Gasteiger partial charge in [0.15, 0.2) is 0 Å². The summed E-state index contributed by atoms with van der Waals surface area (Å²) >= 11 is 0. The van der Waals surface area contributed by atoms with Crippen molar-refractivity contribution in [2.75, 3.05) is 5.32 Å². The Morgan fingerprint density at radius 2 is 1.31 bits per heavy atom. The first-order valence-corrected chi connectivity index (χ1v) is 9.94. The molecular formula is C25H23N. The zero-order valence-electron chi connectivity index (χ0n) is 14.9. The van der Waals surface area contributed by atoms with E-state index in [0.29, 0.717) is 0 Å². The molecule has 3 aliphatic rings. The number of para-hydroxylation sites is 1. The van der Waals surface area contributed by atoms with E-state index in [1.807, 2.05) is 0 Å². The average molecular weight is 337 g/mol. The lowest BCUT2D eigenvalue weighted by Crippen LogP contribution is -2.30. The van der Waals surface area contributed by atoms with Gasteiger partial charge in [0.1, 0.15) is 0 Å². The molecule has 128 valence electrons. The van der Waals surface area contributed by atoms with Crippen LogP contribution in [-0.2, 0) is 5.41 Å². The lowest BCUT2D eigenvalue weighted by Gasteiger charge is -2.33. The molecule has 0 heterocycles. The van der Waals surface area contributed by atoms with Gasteiger partial charge in [0, 0.05) is 22.4 Å². The van der Waals surface area contributed by atoms with E-state index in [4.69, 9.17) is 0 Å². The van der Waals surface area contributed by atoms with E-state index in [1.54, 1.807) is 11.1 Å². The third-order valence-electron chi connectivity index (χ3n) is 7.22. The Morgan fingerprint density at radius 3 is 2.08 bits per heavy atom. The molecule has 0 saturated heterocycles. The van der Waals surface area contributed by atoms with Gasteiger partial charge in [-0.1, -0.05) is 54.6 Å². The molecule has 0 aromatic heterocycles. The summed E-state index contributed by atoms with van der Waals surface area (Å²) in [6.45, 7) is 0. The molecular weight excluding hydrogens is 314 g/mol. The SMILES string of the molecule is c1ccc(Nc2cccc3c2-c2ccccc2C32C3CCC2CC3)cc1. The summed E-state index contributed by atoms with van der Waals surface area (Å²) in [7, 11) is 0. The van der Waals surface area contributed by atoms with Crippen molar-refractivity contribution >= 4 is 11.4 Å². The second kappa shape index (κ2) is 5.23. The highest BCUT2D eigenvalue weighted by Gasteiger charge is 2.60. The predicted octanol–water partition coefficient (Wildman–Crippen LogP) is 6.52. The quantitative estimate of drug-likeness (QED) is 0.561. The minimum absolute atomic E-state index is 0.278. The number of anilines is 2. The maximum Gasteiger partial charge on any atom is 0.0467 e. The fourth-order valence-electron chi connectivity index (χ4n) is 6.39. The topological polar surface area (TPSA) is 12.0 Å². The predicted molar refractivity (Wildman–Crippen MR) is 108 cm³/mol. The van der Waals surface area contributed by atoms with Crippen molar-refractivity contribution in [1.29, 1.82) is 0 Å². The maximum absolute atomic E-state index is 3.70. The number of fused-ring (bicyclic) bond motifs is 3. The monoisotopic (exact) mass is 337 g/mol. The van der Waals surface area contributed by atoms with E-state index in [-0.39, 0.29) is 5.41 Å². The van der Waals surface area contributed by atoms with Crippen molar-refractivity contribution in [2.45, 2.75) is 31.1 Å². The summed E-state index contributed by atoms with van der Waals surface area (Å²) in [5.74, 6) is 1.64. The summed E-state index contributed by atoms with van der Waals surface area (Å²) < 4.78 is 0. The van der Waals surface area contributed by atoms with Crippen LogP contribution >= 0.6 is 0 Å². The summed E-state index contributed by atoms with van der Waals surface area (Å²) in [5, 5.41) is 3.70. The van der Waals surface area contributed by atoms with Gasteiger partial charge >= 0.3 is 0 Å². The molecule has 3 aromatic rings. The highest BCUT2D eigenvalue weighted by molar-refractivity contribution is 5.92. The van der Waals surface area contributed by atoms with Crippen molar-refractivity contribution in [2.24, 2.45) is 11.8 Å². The van der Waals surface area contributed by atoms with Crippen molar-refractivity contribution < 1.29 is 0 Å². The number of rotatable bonds is 2. The van der Waals surface area contributed by atoms with Crippen LogP contribution in [0.3, 0.4) is 0 Å². The second-order valence-electron chi connectivity index (χ2n) is 8.18. The number of nitrogens with one attached hydrogen (secondary N) is 1. The van der Waals surface area contributed by atoms with Gasteiger partial charge in [-0.25, -0.2) is 0 Å². The summed E-state index contributed by atoms with van der Waals surface area (Å²) in [5.41, 5.74) is 8.79. The van der Waals surface area contributed by atoms with Crippen LogP contribution in [0.2, 0.25) is 0 Å². The van der Waals surface area contributed by atoms with Crippen LogP contribution in [0.25, 0.3) is 11.1 Å². The minimum atomic E-state index is 0.278. The van der Waals surface area contributed by atoms with E-state index in [0.717, 1.165) is 17.5 Å². The Morgan fingerprint density at radius 1 is 0.654 bits per heavy atom. The van der Waals surface area contributed by atoms with Gasteiger partial charge in [0.05, 0.1) is 0 Å². The Kier molecular flexibility index (Phi) is 2.94. The van der Waals surface area contributed by atoms with Crippen LogP contribution in [0.4, 0.5) is 11.4 Å². The standard InChI is InChI=1S/C25H23N/c1-2-7-19(8-3-1)26-23-12-6-11-22-24(23)20-9-4-5-10-21(20)25(22)17-13-14-18(25)16-15-17/h1-12,17-18,26H,13-16H2. The van der Waals surface area contributed by atoms with Crippen molar-refractivity contribution in [3.8, 4) is 11.1 Å². The van der Waals surface area contributed by atoms with Crippen LogP contribution in [0.1, 0.15) is 36.8 Å². The van der Waals surface area contributed by atoms with Gasteiger partial charge < -0.3 is 5.32 Å². The van der Waals surface area contributed by atoms with E-state index >= 15 is 0 Å². The third-order valence-corrected chi connectivity index (χ3v) is 7.22. The first kappa shape index (κ1) is 14.6. The van der Waals surface area contributed by atoms with Crippen LogP contribution in [0.15, 0.2) is 72.8 Å². The second-order valence-corrected chi connectivity index (χ2v) is 8.18. The molecule has 1 N–H and O–H groups in total. The van der Waals surface area contributed by atoms with Gasteiger partial charge in [-0.15, -0.1) is 0 Å². The maximum atomic E-state index is 3.70. The zero-order chi connectivity index (χ0) is 17.1. The molecule has 3 aromatic carbocycles. The fourth-order valence-corrected chi connectivity index (χ4v) is 6.39. The molecule has 0 radical (unpaired) electrons. The molecule has 26 heavy (non-hydrogen) atoms. The number of hydrogen-bond donors (Lipinski definition) is 1. The molecule has 0 unspecified atom stereocenters. The lowest BCUT2D eigenvalue weighted by atomic mass is 9.70. The Balaban J connectivity index is 1.60. The Bertz CT molecular complexity index is 968. The lowest BCUT2D eigenvalue weighted by molar-refractivity contribution is 0.400. The molecule has 1 spiro atoms. The largest absolute Gasteiger partial charge is 0.355 e. The van der Waals surface area contributed by atoms with Gasteiger partial charge in [0.2, 0.25) is 0 Å². The van der Waals surface area contributed by atoms with E-state index < -0.39 is 0 Å². The van der Waals surface area contributed by atoms with Gasteiger partial charge in [-0.3, -0.25) is 0 Å². The van der Waals surface area contributed by atoms with E-state index in [2.05, 4.69) is 78.1 Å². The van der Waals surface area contributed by atoms with E-state index in [1.165, 1.54) is 42.5 Å².